The fraction of sp³-hybridized carbons (Fsp3) is 0.133. The Kier molecular flexibility index (Phi) is 4.86. The molecule has 0 aromatic heterocycles. The smallest absolute Gasteiger partial charge is 0.243 e. The first-order valence-corrected chi connectivity index (χ1v) is 7.93. The quantitative estimate of drug-likeness (QED) is 0.848. The number of rotatable bonds is 5. The summed E-state index contributed by atoms with van der Waals surface area (Å²) in [4.78, 5) is 11.5. The molecule has 0 heterocycles. The van der Waals surface area contributed by atoms with Gasteiger partial charge < -0.3 is 0 Å². The lowest BCUT2D eigenvalue weighted by Crippen LogP contribution is -2.20. The van der Waals surface area contributed by atoms with Crippen molar-refractivity contribution in [3.63, 3.8) is 0 Å². The lowest BCUT2D eigenvalue weighted by atomic mass is 10.0. The lowest BCUT2D eigenvalue weighted by Gasteiger charge is -2.07. The van der Waals surface area contributed by atoms with Gasteiger partial charge in [0.25, 0.3) is 0 Å². The number of carbonyl (C=O) groups excluding carboxylic acids is 1. The minimum absolute atomic E-state index is 0.0637. The minimum Gasteiger partial charge on any atom is -0.294 e. The van der Waals surface area contributed by atoms with Crippen molar-refractivity contribution in [2.24, 2.45) is 0 Å². The van der Waals surface area contributed by atoms with Crippen LogP contribution in [0.15, 0.2) is 41.3 Å². The van der Waals surface area contributed by atoms with Crippen LogP contribution in [0.5, 0.6) is 0 Å². The molecule has 0 atom stereocenters. The van der Waals surface area contributed by atoms with Gasteiger partial charge in [0.2, 0.25) is 10.0 Å². The van der Waals surface area contributed by atoms with Crippen LogP contribution in [0, 0.1) is 17.5 Å². The van der Waals surface area contributed by atoms with E-state index in [1.807, 2.05) is 4.72 Å². The van der Waals surface area contributed by atoms with Crippen LogP contribution in [0.3, 0.4) is 0 Å². The summed E-state index contributed by atoms with van der Waals surface area (Å²) >= 11 is 0. The second-order valence-corrected chi connectivity index (χ2v) is 6.56. The molecule has 0 fully saturated rings. The summed E-state index contributed by atoms with van der Waals surface area (Å²) in [6, 6.07) is 5.91. The zero-order valence-corrected chi connectivity index (χ0v) is 12.8. The van der Waals surface area contributed by atoms with Crippen LogP contribution in [0.25, 0.3) is 0 Å². The second-order valence-electron chi connectivity index (χ2n) is 4.70. The Morgan fingerprint density at radius 2 is 1.65 bits per heavy atom. The maximum absolute atomic E-state index is 13.6. The highest BCUT2D eigenvalue weighted by atomic mass is 32.2. The van der Waals surface area contributed by atoms with Crippen molar-refractivity contribution in [2.75, 3.05) is 7.05 Å². The molecule has 0 unspecified atom stereocenters. The van der Waals surface area contributed by atoms with Gasteiger partial charge in [0, 0.05) is 12.0 Å². The monoisotopic (exact) mass is 343 g/mol. The van der Waals surface area contributed by atoms with Crippen LogP contribution in [-0.4, -0.2) is 21.2 Å². The largest absolute Gasteiger partial charge is 0.294 e. The first-order valence-electron chi connectivity index (χ1n) is 6.45. The number of carbonyl (C=O) groups is 1. The topological polar surface area (TPSA) is 63.2 Å². The molecule has 1 N–H and O–H groups in total. The van der Waals surface area contributed by atoms with Gasteiger partial charge in [-0.2, -0.15) is 0 Å². The van der Waals surface area contributed by atoms with Crippen molar-refractivity contribution in [2.45, 2.75) is 11.3 Å². The third-order valence-corrected chi connectivity index (χ3v) is 4.59. The molecule has 0 aliphatic carbocycles. The Morgan fingerprint density at radius 3 is 2.26 bits per heavy atom. The SMILES string of the molecule is CNS(=O)(=O)c1cc(CC(=O)c2ccc(F)c(F)c2)ccc1F. The first kappa shape index (κ1) is 17.2. The van der Waals surface area contributed by atoms with Gasteiger partial charge >= 0.3 is 0 Å². The molecule has 0 spiro atoms. The molecule has 2 aromatic carbocycles. The molecular formula is C15H12F3NO3S. The number of halogens is 3. The van der Waals surface area contributed by atoms with Crippen LogP contribution in [0.2, 0.25) is 0 Å². The average molecular weight is 343 g/mol. The number of ketones is 1. The molecule has 0 aliphatic rings. The zero-order chi connectivity index (χ0) is 17.2. The molecule has 4 nitrogen and oxygen atoms in total. The van der Waals surface area contributed by atoms with Crippen LogP contribution >= 0.6 is 0 Å². The number of benzene rings is 2. The minimum atomic E-state index is -4.01. The molecule has 2 aromatic rings. The Bertz CT molecular complexity index is 866. The maximum atomic E-state index is 13.6. The third-order valence-electron chi connectivity index (χ3n) is 3.16. The van der Waals surface area contributed by atoms with E-state index in [9.17, 15) is 26.4 Å². The van der Waals surface area contributed by atoms with E-state index in [4.69, 9.17) is 0 Å². The Morgan fingerprint density at radius 1 is 1.00 bits per heavy atom. The molecular weight excluding hydrogens is 331 g/mol. The highest BCUT2D eigenvalue weighted by molar-refractivity contribution is 7.89. The van der Waals surface area contributed by atoms with Crippen LogP contribution < -0.4 is 4.72 Å². The summed E-state index contributed by atoms with van der Waals surface area (Å²) in [5, 5.41) is 0. The van der Waals surface area contributed by atoms with Crippen LogP contribution in [0.1, 0.15) is 15.9 Å². The fourth-order valence-corrected chi connectivity index (χ4v) is 2.78. The van der Waals surface area contributed by atoms with Crippen LogP contribution in [0.4, 0.5) is 13.2 Å². The van der Waals surface area contributed by atoms with Crippen molar-refractivity contribution in [3.05, 3.63) is 65.0 Å². The molecule has 2 rings (SSSR count). The number of Topliss-reactive ketones (excluding diaryl/α,β-unsaturated/α-hetero) is 1. The summed E-state index contributed by atoms with van der Waals surface area (Å²) < 4.78 is 65.0. The van der Waals surface area contributed by atoms with Crippen molar-refractivity contribution >= 4 is 15.8 Å². The number of sulfonamides is 1. The molecule has 122 valence electrons. The fourth-order valence-electron chi connectivity index (χ4n) is 1.93. The van der Waals surface area contributed by atoms with Crippen molar-refractivity contribution in [1.82, 2.24) is 4.72 Å². The highest BCUT2D eigenvalue weighted by Gasteiger charge is 2.19. The summed E-state index contributed by atoms with van der Waals surface area (Å²) in [6.45, 7) is 0. The van der Waals surface area contributed by atoms with Crippen molar-refractivity contribution in [1.29, 1.82) is 0 Å². The number of hydrogen-bond donors (Lipinski definition) is 1. The van der Waals surface area contributed by atoms with Crippen molar-refractivity contribution < 1.29 is 26.4 Å². The van der Waals surface area contributed by atoms with Crippen LogP contribution in [-0.2, 0) is 16.4 Å². The van der Waals surface area contributed by atoms with E-state index < -0.39 is 38.2 Å². The van der Waals surface area contributed by atoms with Gasteiger partial charge in [-0.3, -0.25) is 4.79 Å². The van der Waals surface area contributed by atoms with E-state index >= 15 is 0 Å². The van der Waals surface area contributed by atoms with Gasteiger partial charge in [-0.05, 0) is 42.9 Å². The standard InChI is InChI=1S/C15H12F3NO3S/c1-19-23(21,22)15-7-9(2-4-12(15)17)6-14(20)10-3-5-11(16)13(18)8-10/h2-5,7-8,19H,6H2,1H3. The van der Waals surface area contributed by atoms with E-state index in [1.54, 1.807) is 0 Å². The normalized spacial score (nSPS) is 11.5. The van der Waals surface area contributed by atoms with E-state index in [-0.39, 0.29) is 17.5 Å². The van der Waals surface area contributed by atoms with Gasteiger partial charge in [-0.1, -0.05) is 6.07 Å². The van der Waals surface area contributed by atoms with Crippen molar-refractivity contribution in [3.8, 4) is 0 Å². The first-order chi connectivity index (χ1) is 10.7. The van der Waals surface area contributed by atoms with E-state index in [0.717, 1.165) is 37.4 Å². The second kappa shape index (κ2) is 6.51. The van der Waals surface area contributed by atoms with Gasteiger partial charge in [0.1, 0.15) is 10.7 Å². The van der Waals surface area contributed by atoms with Gasteiger partial charge in [-0.25, -0.2) is 26.3 Å². The summed E-state index contributed by atoms with van der Waals surface area (Å²) in [5.74, 6) is -3.74. The van der Waals surface area contributed by atoms with E-state index in [0.29, 0.717) is 0 Å². The maximum Gasteiger partial charge on any atom is 0.243 e. The Balaban J connectivity index is 2.31. The summed E-state index contributed by atoms with van der Waals surface area (Å²) in [5.41, 5.74) is 0.168. The average Bonchev–Trinajstić information content (AvgIpc) is 2.51. The highest BCUT2D eigenvalue weighted by Crippen LogP contribution is 2.18. The zero-order valence-electron chi connectivity index (χ0n) is 11.9. The van der Waals surface area contributed by atoms with Gasteiger partial charge in [0.15, 0.2) is 17.4 Å². The molecule has 8 heteroatoms. The van der Waals surface area contributed by atoms with E-state index in [1.165, 1.54) is 6.07 Å². The van der Waals surface area contributed by atoms with Gasteiger partial charge in [-0.15, -0.1) is 0 Å². The molecule has 0 saturated heterocycles. The summed E-state index contributed by atoms with van der Waals surface area (Å²) in [7, 11) is -2.88. The molecule has 0 aliphatic heterocycles. The molecule has 0 amide bonds. The summed E-state index contributed by atoms with van der Waals surface area (Å²) in [6.07, 6.45) is -0.280. The third kappa shape index (κ3) is 3.77. The van der Waals surface area contributed by atoms with Gasteiger partial charge in [0.05, 0.1) is 0 Å². The predicted molar refractivity (Wildman–Crippen MR) is 77.0 cm³/mol. The molecule has 0 saturated carbocycles. The molecule has 0 radical (unpaired) electrons. The Hall–Kier alpha value is -2.19. The number of hydrogen-bond acceptors (Lipinski definition) is 3. The lowest BCUT2D eigenvalue weighted by molar-refractivity contribution is 0.0992. The van der Waals surface area contributed by atoms with E-state index in [2.05, 4.69) is 0 Å². The Labute approximate surface area is 131 Å². The predicted octanol–water partition coefficient (Wildman–Crippen LogP) is 2.44. The number of nitrogens with one attached hydrogen (secondary N) is 1. The molecule has 23 heavy (non-hydrogen) atoms. The molecule has 0 bridgehead atoms.